The second-order valence-corrected chi connectivity index (χ2v) is 8.23. The Hall–Kier alpha value is -2.10. The molecule has 0 aliphatic carbocycles. The minimum Gasteiger partial charge on any atom is -0.495 e. The van der Waals surface area contributed by atoms with E-state index >= 15 is 0 Å². The van der Waals surface area contributed by atoms with Crippen LogP contribution in [0.25, 0.3) is 0 Å². The number of carbonyl (C=O) groups is 1. The Morgan fingerprint density at radius 3 is 2.65 bits per heavy atom. The van der Waals surface area contributed by atoms with Crippen LogP contribution >= 0.6 is 11.8 Å². The van der Waals surface area contributed by atoms with Crippen molar-refractivity contribution in [1.82, 2.24) is 4.31 Å². The maximum atomic E-state index is 13.5. The fourth-order valence-electron chi connectivity index (χ4n) is 2.21. The van der Waals surface area contributed by atoms with Crippen LogP contribution < -0.4 is 10.1 Å². The van der Waals surface area contributed by atoms with E-state index in [2.05, 4.69) is 5.32 Å². The summed E-state index contributed by atoms with van der Waals surface area (Å²) in [6.07, 6.45) is 1.91. The lowest BCUT2D eigenvalue weighted by Gasteiger charge is -2.18. The third-order valence-electron chi connectivity index (χ3n) is 3.53. The van der Waals surface area contributed by atoms with E-state index in [1.807, 2.05) is 12.3 Å². The number of hydrogen-bond acceptors (Lipinski definition) is 5. The number of carbonyl (C=O) groups excluding carboxylic acids is 1. The minimum atomic E-state index is -4.10. The molecule has 140 valence electrons. The van der Waals surface area contributed by atoms with E-state index in [4.69, 9.17) is 4.74 Å². The average molecular weight is 398 g/mol. The summed E-state index contributed by atoms with van der Waals surface area (Å²) in [7, 11) is -1.56. The molecule has 0 saturated carbocycles. The number of benzene rings is 2. The van der Waals surface area contributed by atoms with Crippen LogP contribution in [0.2, 0.25) is 0 Å². The molecule has 0 fully saturated rings. The van der Waals surface area contributed by atoms with Gasteiger partial charge < -0.3 is 10.1 Å². The van der Waals surface area contributed by atoms with Crippen LogP contribution in [0.4, 0.5) is 10.1 Å². The zero-order chi connectivity index (χ0) is 19.3. The van der Waals surface area contributed by atoms with Crippen LogP contribution in [0.3, 0.4) is 0 Å². The maximum Gasteiger partial charge on any atom is 0.247 e. The number of anilines is 1. The molecule has 0 unspecified atom stereocenters. The Balaban J connectivity index is 2.16. The van der Waals surface area contributed by atoms with Crippen LogP contribution in [-0.4, -0.2) is 45.6 Å². The van der Waals surface area contributed by atoms with Crippen molar-refractivity contribution in [3.05, 3.63) is 48.3 Å². The molecule has 26 heavy (non-hydrogen) atoms. The van der Waals surface area contributed by atoms with E-state index in [1.54, 1.807) is 18.2 Å². The van der Waals surface area contributed by atoms with Gasteiger partial charge in [0.2, 0.25) is 15.9 Å². The lowest BCUT2D eigenvalue weighted by Crippen LogP contribution is -2.35. The van der Waals surface area contributed by atoms with Gasteiger partial charge in [0.25, 0.3) is 0 Å². The van der Waals surface area contributed by atoms with Gasteiger partial charge in [-0.25, -0.2) is 12.8 Å². The number of methoxy groups -OCH3 is 1. The first kappa shape index (κ1) is 20.2. The molecule has 0 aliphatic rings. The average Bonchev–Trinajstić information content (AvgIpc) is 2.61. The Kier molecular flexibility index (Phi) is 6.63. The van der Waals surface area contributed by atoms with E-state index in [0.717, 1.165) is 21.3 Å². The number of rotatable bonds is 7. The quantitative estimate of drug-likeness (QED) is 0.726. The maximum absolute atomic E-state index is 13.5. The van der Waals surface area contributed by atoms with Gasteiger partial charge in [0.15, 0.2) is 0 Å². The number of hydrogen-bond donors (Lipinski definition) is 1. The Morgan fingerprint density at radius 1 is 1.27 bits per heavy atom. The predicted molar refractivity (Wildman–Crippen MR) is 99.6 cm³/mol. The third-order valence-corrected chi connectivity index (χ3v) is 6.08. The molecule has 9 heteroatoms. The molecule has 1 N–H and O–H groups in total. The van der Waals surface area contributed by atoms with Crippen LogP contribution in [-0.2, 0) is 14.8 Å². The molecule has 0 radical (unpaired) electrons. The van der Waals surface area contributed by atoms with Gasteiger partial charge in [-0.05, 0) is 42.7 Å². The monoisotopic (exact) mass is 398 g/mol. The van der Waals surface area contributed by atoms with Crippen LogP contribution in [0.1, 0.15) is 0 Å². The summed E-state index contributed by atoms with van der Waals surface area (Å²) in [4.78, 5) is 12.8. The number of likely N-dealkylation sites (N-methyl/N-ethyl adjacent to an activating group) is 1. The van der Waals surface area contributed by atoms with Gasteiger partial charge in [-0.1, -0.05) is 6.07 Å². The van der Waals surface area contributed by atoms with Gasteiger partial charge in [0.1, 0.15) is 16.5 Å². The number of thioether (sulfide) groups is 1. The minimum absolute atomic E-state index is 0.00586. The molecule has 0 saturated heterocycles. The molecule has 0 atom stereocenters. The molecule has 2 rings (SSSR count). The van der Waals surface area contributed by atoms with E-state index in [1.165, 1.54) is 32.0 Å². The number of ether oxygens (including phenoxy) is 1. The summed E-state index contributed by atoms with van der Waals surface area (Å²) in [5, 5.41) is 2.65. The van der Waals surface area contributed by atoms with Gasteiger partial charge in [-0.2, -0.15) is 4.31 Å². The number of halogens is 1. The molecule has 0 heterocycles. The van der Waals surface area contributed by atoms with E-state index < -0.39 is 28.3 Å². The summed E-state index contributed by atoms with van der Waals surface area (Å²) < 4.78 is 44.6. The van der Waals surface area contributed by atoms with E-state index in [-0.39, 0.29) is 10.6 Å². The summed E-state index contributed by atoms with van der Waals surface area (Å²) in [5.74, 6) is -1.22. The van der Waals surface area contributed by atoms with E-state index in [9.17, 15) is 17.6 Å². The van der Waals surface area contributed by atoms with Crippen molar-refractivity contribution in [2.45, 2.75) is 9.79 Å². The van der Waals surface area contributed by atoms with Crippen LogP contribution in [0, 0.1) is 5.82 Å². The number of sulfonamides is 1. The highest BCUT2D eigenvalue weighted by Gasteiger charge is 2.27. The molecule has 0 spiro atoms. The summed E-state index contributed by atoms with van der Waals surface area (Å²) in [6, 6.07) is 10.4. The van der Waals surface area contributed by atoms with Crippen molar-refractivity contribution < 1.29 is 22.3 Å². The van der Waals surface area contributed by atoms with Crippen molar-refractivity contribution in [2.75, 3.05) is 32.3 Å². The fraction of sp³-hybridized carbons (Fsp3) is 0.235. The van der Waals surface area contributed by atoms with Crippen molar-refractivity contribution >= 4 is 33.4 Å². The Labute approximate surface area is 156 Å². The number of nitrogens with zero attached hydrogens (tertiary/aromatic N) is 1. The van der Waals surface area contributed by atoms with Gasteiger partial charge in [0.05, 0.1) is 13.7 Å². The van der Waals surface area contributed by atoms with Crippen molar-refractivity contribution in [2.24, 2.45) is 0 Å². The molecule has 0 aliphatic heterocycles. The zero-order valence-electron chi connectivity index (χ0n) is 14.5. The van der Waals surface area contributed by atoms with Crippen molar-refractivity contribution in [1.29, 1.82) is 0 Å². The van der Waals surface area contributed by atoms with Crippen LogP contribution in [0.15, 0.2) is 52.3 Å². The first-order valence-corrected chi connectivity index (χ1v) is 10.2. The summed E-state index contributed by atoms with van der Waals surface area (Å²) in [5.41, 5.74) is 0.566. The molecular formula is C17H19FN2O4S2. The Morgan fingerprint density at radius 2 is 2.00 bits per heavy atom. The summed E-state index contributed by atoms with van der Waals surface area (Å²) >= 11 is 1.52. The fourth-order valence-corrected chi connectivity index (χ4v) is 3.96. The molecule has 2 aromatic carbocycles. The predicted octanol–water partition coefficient (Wildman–Crippen LogP) is 2.82. The smallest absolute Gasteiger partial charge is 0.247 e. The highest BCUT2D eigenvalue weighted by molar-refractivity contribution is 7.98. The first-order chi connectivity index (χ1) is 12.3. The second-order valence-electron chi connectivity index (χ2n) is 5.34. The molecule has 0 aromatic heterocycles. The third kappa shape index (κ3) is 4.75. The molecule has 1 amide bonds. The van der Waals surface area contributed by atoms with Gasteiger partial charge in [-0.3, -0.25) is 4.79 Å². The number of amides is 1. The second kappa shape index (κ2) is 8.52. The topological polar surface area (TPSA) is 75.7 Å². The standard InChI is InChI=1S/C17H19FN2O4S2/c1-20(11-17(21)19-13-5-4-6-14(10-13)25-3)26(22,23)16-9-12(18)7-8-15(16)24-2/h4-10H,11H2,1-3H3,(H,19,21). The molecule has 6 nitrogen and oxygen atoms in total. The van der Waals surface area contributed by atoms with Gasteiger partial charge in [0, 0.05) is 17.6 Å². The van der Waals surface area contributed by atoms with Crippen molar-refractivity contribution in [3.8, 4) is 5.75 Å². The number of nitrogens with one attached hydrogen (secondary N) is 1. The molecular weight excluding hydrogens is 379 g/mol. The highest BCUT2D eigenvalue weighted by atomic mass is 32.2. The van der Waals surface area contributed by atoms with Gasteiger partial charge in [-0.15, -0.1) is 11.8 Å². The van der Waals surface area contributed by atoms with E-state index in [0.29, 0.717) is 5.69 Å². The summed E-state index contributed by atoms with van der Waals surface area (Å²) in [6.45, 7) is -0.425. The SMILES string of the molecule is COc1ccc(F)cc1S(=O)(=O)N(C)CC(=O)Nc1cccc(SC)c1. The van der Waals surface area contributed by atoms with Gasteiger partial charge >= 0.3 is 0 Å². The molecule has 2 aromatic rings. The highest BCUT2D eigenvalue weighted by Crippen LogP contribution is 2.27. The normalized spacial score (nSPS) is 11.4. The largest absolute Gasteiger partial charge is 0.495 e. The molecule has 0 bridgehead atoms. The lowest BCUT2D eigenvalue weighted by molar-refractivity contribution is -0.116. The zero-order valence-corrected chi connectivity index (χ0v) is 16.2. The lowest BCUT2D eigenvalue weighted by atomic mass is 10.3. The van der Waals surface area contributed by atoms with Crippen molar-refractivity contribution in [3.63, 3.8) is 0 Å². The first-order valence-electron chi connectivity index (χ1n) is 7.51. The Bertz CT molecular complexity index is 903. The van der Waals surface area contributed by atoms with Crippen LogP contribution in [0.5, 0.6) is 5.75 Å².